The Morgan fingerprint density at radius 3 is 2.17 bits per heavy atom. The van der Waals surface area contributed by atoms with E-state index in [1.54, 1.807) is 0 Å². The number of hydrogen-bond donors (Lipinski definition) is 1. The van der Waals surface area contributed by atoms with E-state index >= 15 is 0 Å². The van der Waals surface area contributed by atoms with Gasteiger partial charge in [-0.05, 0) is 34.6 Å². The van der Waals surface area contributed by atoms with Crippen LogP contribution >= 0.6 is 0 Å². The summed E-state index contributed by atoms with van der Waals surface area (Å²) >= 11 is 0. The van der Waals surface area contributed by atoms with Crippen LogP contribution in [-0.2, 0) is 23.1 Å². The lowest BCUT2D eigenvalue weighted by atomic mass is 9.86. The molecule has 0 aromatic heterocycles. The van der Waals surface area contributed by atoms with Crippen LogP contribution in [-0.4, -0.2) is 17.2 Å². The van der Waals surface area contributed by atoms with Gasteiger partial charge in [0, 0.05) is 6.42 Å². The third-order valence-electron chi connectivity index (χ3n) is 4.09. The fourth-order valence-corrected chi connectivity index (χ4v) is 2.65. The number of carbonyl (C=O) groups is 1. The minimum atomic E-state index is -0.946. The summed E-state index contributed by atoms with van der Waals surface area (Å²) in [5, 5.41) is 9.57. The second kappa shape index (κ2) is 7.52. The van der Waals surface area contributed by atoms with Crippen molar-refractivity contribution in [2.45, 2.75) is 52.1 Å². The molecule has 1 N–H and O–H groups in total. The van der Waals surface area contributed by atoms with Crippen LogP contribution in [0.25, 0.3) is 0 Å². The molecule has 128 valence electrons. The zero-order valence-corrected chi connectivity index (χ0v) is 14.9. The molecule has 2 aromatic rings. The molecule has 0 radical (unpaired) electrons. The first-order valence-corrected chi connectivity index (χ1v) is 8.38. The molecule has 1 atom stereocenters. The Bertz CT molecular complexity index is 681. The van der Waals surface area contributed by atoms with Gasteiger partial charge in [0.15, 0.2) is 6.10 Å². The molecule has 3 heteroatoms. The number of rotatable bonds is 6. The molecular weight excluding hydrogens is 300 g/mol. The van der Waals surface area contributed by atoms with Gasteiger partial charge in [-0.2, -0.15) is 0 Å². The van der Waals surface area contributed by atoms with Crippen molar-refractivity contribution in [3.63, 3.8) is 0 Å². The lowest BCUT2D eigenvalue weighted by molar-refractivity contribution is -0.145. The monoisotopic (exact) mass is 326 g/mol. The third-order valence-corrected chi connectivity index (χ3v) is 4.09. The first-order valence-electron chi connectivity index (χ1n) is 8.38. The van der Waals surface area contributed by atoms with Crippen LogP contribution < -0.4 is 4.74 Å². The highest BCUT2D eigenvalue weighted by atomic mass is 16.5. The van der Waals surface area contributed by atoms with Crippen LogP contribution in [0.1, 0.15) is 44.4 Å². The van der Waals surface area contributed by atoms with Crippen LogP contribution in [0.4, 0.5) is 0 Å². The predicted molar refractivity (Wildman–Crippen MR) is 96.7 cm³/mol. The zero-order valence-electron chi connectivity index (χ0n) is 14.9. The topological polar surface area (TPSA) is 46.5 Å². The van der Waals surface area contributed by atoms with Crippen LogP contribution in [0.15, 0.2) is 48.5 Å². The Hall–Kier alpha value is -2.29. The first kappa shape index (κ1) is 18.1. The molecule has 0 fully saturated rings. The largest absolute Gasteiger partial charge is 0.478 e. The molecule has 2 aromatic carbocycles. The highest BCUT2D eigenvalue weighted by molar-refractivity contribution is 5.73. The van der Waals surface area contributed by atoms with Gasteiger partial charge in [0.25, 0.3) is 0 Å². The summed E-state index contributed by atoms with van der Waals surface area (Å²) in [5.41, 5.74) is 3.11. The minimum Gasteiger partial charge on any atom is -0.478 e. The molecule has 0 amide bonds. The Kier molecular flexibility index (Phi) is 5.66. The summed E-state index contributed by atoms with van der Waals surface area (Å²) in [6, 6.07) is 15.7. The van der Waals surface area contributed by atoms with E-state index in [4.69, 9.17) is 4.74 Å². The van der Waals surface area contributed by atoms with Gasteiger partial charge < -0.3 is 9.84 Å². The second-order valence-electron chi connectivity index (χ2n) is 7.07. The van der Waals surface area contributed by atoms with Crippen LogP contribution in [0.3, 0.4) is 0 Å². The van der Waals surface area contributed by atoms with Gasteiger partial charge >= 0.3 is 5.97 Å². The highest BCUT2D eigenvalue weighted by Gasteiger charge is 2.24. The van der Waals surface area contributed by atoms with Gasteiger partial charge in [-0.3, -0.25) is 0 Å². The molecule has 3 nitrogen and oxygen atoms in total. The van der Waals surface area contributed by atoms with Crippen LogP contribution in [0, 0.1) is 0 Å². The van der Waals surface area contributed by atoms with Crippen molar-refractivity contribution in [1.82, 2.24) is 0 Å². The van der Waals surface area contributed by atoms with Crippen LogP contribution in [0.5, 0.6) is 5.75 Å². The van der Waals surface area contributed by atoms with Crippen molar-refractivity contribution < 1.29 is 14.6 Å². The first-order chi connectivity index (χ1) is 11.3. The molecule has 0 spiro atoms. The van der Waals surface area contributed by atoms with E-state index in [1.807, 2.05) is 48.5 Å². The fourth-order valence-electron chi connectivity index (χ4n) is 2.65. The van der Waals surface area contributed by atoms with E-state index in [1.165, 1.54) is 5.56 Å². The lowest BCUT2D eigenvalue weighted by Gasteiger charge is -2.24. The molecule has 0 aliphatic rings. The Balaban J connectivity index is 2.22. The molecule has 0 aliphatic heterocycles. The van der Waals surface area contributed by atoms with E-state index in [0.29, 0.717) is 12.2 Å². The quantitative estimate of drug-likeness (QED) is 0.842. The Morgan fingerprint density at radius 1 is 1.04 bits per heavy atom. The standard InChI is InChI=1S/C21H26O3/c1-5-15-10-12-16(13-11-15)14-19(20(22)23)24-18-9-7-6-8-17(18)21(2,3)4/h6-13,19H,5,14H2,1-4H3,(H,22,23)/t19-/m0/s1. The van der Waals surface area contributed by atoms with Gasteiger partial charge in [-0.15, -0.1) is 0 Å². The molecule has 0 saturated heterocycles. The molecule has 0 saturated carbocycles. The number of ether oxygens (including phenoxy) is 1. The smallest absolute Gasteiger partial charge is 0.345 e. The predicted octanol–water partition coefficient (Wildman–Crippen LogP) is 4.62. The summed E-state index contributed by atoms with van der Waals surface area (Å²) in [6.07, 6.45) is 0.414. The van der Waals surface area contributed by atoms with E-state index in [0.717, 1.165) is 17.5 Å². The molecule has 0 heterocycles. The van der Waals surface area contributed by atoms with Crippen molar-refractivity contribution in [2.75, 3.05) is 0 Å². The highest BCUT2D eigenvalue weighted by Crippen LogP contribution is 2.31. The Labute approximate surface area is 144 Å². The van der Waals surface area contributed by atoms with Crippen LogP contribution in [0.2, 0.25) is 0 Å². The number of hydrogen-bond acceptors (Lipinski definition) is 2. The third kappa shape index (κ3) is 4.60. The van der Waals surface area contributed by atoms with Gasteiger partial charge in [0.05, 0.1) is 0 Å². The number of carboxylic acids is 1. The van der Waals surface area contributed by atoms with E-state index < -0.39 is 12.1 Å². The Morgan fingerprint density at radius 2 is 1.62 bits per heavy atom. The summed E-state index contributed by atoms with van der Waals surface area (Å²) < 4.78 is 5.89. The minimum absolute atomic E-state index is 0.109. The van der Waals surface area contributed by atoms with E-state index in [2.05, 4.69) is 27.7 Å². The van der Waals surface area contributed by atoms with Gasteiger partial charge in [-0.25, -0.2) is 4.79 Å². The van der Waals surface area contributed by atoms with Crippen molar-refractivity contribution in [2.24, 2.45) is 0 Å². The average molecular weight is 326 g/mol. The van der Waals surface area contributed by atoms with Gasteiger partial charge in [0.1, 0.15) is 5.75 Å². The number of para-hydroxylation sites is 1. The molecule has 0 unspecified atom stereocenters. The van der Waals surface area contributed by atoms with Crippen molar-refractivity contribution in [1.29, 1.82) is 0 Å². The second-order valence-corrected chi connectivity index (χ2v) is 7.07. The number of benzene rings is 2. The van der Waals surface area contributed by atoms with E-state index in [-0.39, 0.29) is 5.41 Å². The molecule has 24 heavy (non-hydrogen) atoms. The summed E-state index contributed by atoms with van der Waals surface area (Å²) in [6.45, 7) is 8.37. The maximum atomic E-state index is 11.7. The molecule has 0 aliphatic carbocycles. The number of aryl methyl sites for hydroxylation is 1. The summed E-state index contributed by atoms with van der Waals surface area (Å²) in [7, 11) is 0. The lowest BCUT2D eigenvalue weighted by Crippen LogP contribution is -2.30. The normalized spacial score (nSPS) is 12.7. The van der Waals surface area contributed by atoms with Crippen molar-refractivity contribution in [3.05, 3.63) is 65.2 Å². The number of aliphatic carboxylic acids is 1. The number of carboxylic acid groups (broad SMARTS) is 1. The van der Waals surface area contributed by atoms with Crippen molar-refractivity contribution in [3.8, 4) is 5.75 Å². The van der Waals surface area contributed by atoms with E-state index in [9.17, 15) is 9.90 Å². The average Bonchev–Trinajstić information content (AvgIpc) is 2.54. The molecule has 2 rings (SSSR count). The maximum Gasteiger partial charge on any atom is 0.345 e. The SMILES string of the molecule is CCc1ccc(C[C@H](Oc2ccccc2C(C)(C)C)C(=O)O)cc1. The molecular formula is C21H26O3. The van der Waals surface area contributed by atoms with Gasteiger partial charge in [0.2, 0.25) is 0 Å². The van der Waals surface area contributed by atoms with Crippen molar-refractivity contribution >= 4 is 5.97 Å². The fraction of sp³-hybridized carbons (Fsp3) is 0.381. The summed E-state index contributed by atoms with van der Waals surface area (Å²) in [4.78, 5) is 11.7. The van der Waals surface area contributed by atoms with Gasteiger partial charge in [-0.1, -0.05) is 70.2 Å². The zero-order chi connectivity index (χ0) is 17.7. The summed E-state index contributed by atoms with van der Waals surface area (Å²) in [5.74, 6) is -0.305. The maximum absolute atomic E-state index is 11.7. The molecule has 0 bridgehead atoms.